The van der Waals surface area contributed by atoms with Crippen molar-refractivity contribution in [2.24, 2.45) is 0 Å². The first kappa shape index (κ1) is 8.16. The van der Waals surface area contributed by atoms with Crippen molar-refractivity contribution in [3.05, 3.63) is 0 Å². The van der Waals surface area contributed by atoms with Crippen molar-refractivity contribution < 1.29 is 23.8 Å². The Balaban J connectivity index is 2.74. The zero-order chi connectivity index (χ0) is 8.43. The Bertz CT molecular complexity index is 167. The van der Waals surface area contributed by atoms with Crippen LogP contribution in [0.5, 0.6) is 0 Å². The molecule has 62 valence electrons. The molecule has 0 saturated carbocycles. The van der Waals surface area contributed by atoms with Gasteiger partial charge in [0, 0.05) is 14.2 Å². The van der Waals surface area contributed by atoms with Crippen LogP contribution in [0.1, 0.15) is 0 Å². The van der Waals surface area contributed by atoms with Crippen LogP contribution in [0.15, 0.2) is 0 Å². The molecule has 0 aromatic rings. The average molecular weight is 160 g/mol. The van der Waals surface area contributed by atoms with Gasteiger partial charge in [0.1, 0.15) is 0 Å². The molecule has 1 heterocycles. The molecular formula is C6H8O5. The minimum absolute atomic E-state index is 0.690. The Morgan fingerprint density at radius 3 is 1.73 bits per heavy atom. The van der Waals surface area contributed by atoms with Crippen LogP contribution in [0, 0.1) is 0 Å². The van der Waals surface area contributed by atoms with Crippen molar-refractivity contribution in [2.45, 2.75) is 12.2 Å². The summed E-state index contributed by atoms with van der Waals surface area (Å²) in [5.41, 5.74) is 0. The third kappa shape index (κ3) is 1.24. The fourth-order valence-electron chi connectivity index (χ4n) is 0.902. The summed E-state index contributed by atoms with van der Waals surface area (Å²) in [4.78, 5) is 21.5. The zero-order valence-corrected chi connectivity index (χ0v) is 6.20. The number of hydrogen-bond acceptors (Lipinski definition) is 5. The summed E-state index contributed by atoms with van der Waals surface area (Å²) < 4.78 is 13.6. The minimum Gasteiger partial charge on any atom is -0.389 e. The second-order valence-electron chi connectivity index (χ2n) is 2.05. The first-order valence-electron chi connectivity index (χ1n) is 3.02. The van der Waals surface area contributed by atoms with Crippen molar-refractivity contribution in [1.82, 2.24) is 0 Å². The monoisotopic (exact) mass is 160 g/mol. The van der Waals surface area contributed by atoms with Crippen molar-refractivity contribution in [3.63, 3.8) is 0 Å². The molecule has 11 heavy (non-hydrogen) atoms. The smallest absolute Gasteiger partial charge is 0.346 e. The number of methoxy groups -OCH3 is 2. The highest BCUT2D eigenvalue weighted by Crippen LogP contribution is 2.14. The Labute approximate surface area is 63.2 Å². The van der Waals surface area contributed by atoms with E-state index in [-0.39, 0.29) is 0 Å². The predicted octanol–water partition coefficient (Wildman–Crippen LogP) is -0.900. The second kappa shape index (κ2) is 2.98. The molecule has 1 fully saturated rings. The predicted molar refractivity (Wildman–Crippen MR) is 32.7 cm³/mol. The third-order valence-corrected chi connectivity index (χ3v) is 1.45. The number of rotatable bonds is 2. The van der Waals surface area contributed by atoms with Crippen LogP contribution < -0.4 is 0 Å². The molecule has 0 aliphatic carbocycles. The second-order valence-corrected chi connectivity index (χ2v) is 2.05. The average Bonchev–Trinajstić information content (AvgIpc) is 2.24. The van der Waals surface area contributed by atoms with Crippen LogP contribution in [0.3, 0.4) is 0 Å². The topological polar surface area (TPSA) is 61.8 Å². The lowest BCUT2D eigenvalue weighted by atomic mass is 10.2. The Kier molecular flexibility index (Phi) is 2.21. The number of carbonyl (C=O) groups is 2. The SMILES string of the molecule is COC1C(=O)OC(=O)C1OC. The van der Waals surface area contributed by atoms with E-state index < -0.39 is 24.1 Å². The van der Waals surface area contributed by atoms with Gasteiger partial charge in [-0.05, 0) is 0 Å². The van der Waals surface area contributed by atoms with Gasteiger partial charge in [0.2, 0.25) is 0 Å². The van der Waals surface area contributed by atoms with Gasteiger partial charge in [-0.3, -0.25) is 0 Å². The van der Waals surface area contributed by atoms with Crippen LogP contribution in [0.25, 0.3) is 0 Å². The highest BCUT2D eigenvalue weighted by molar-refractivity contribution is 5.99. The molecule has 0 amide bonds. The van der Waals surface area contributed by atoms with Gasteiger partial charge in [-0.15, -0.1) is 0 Å². The van der Waals surface area contributed by atoms with Crippen LogP contribution in [0.2, 0.25) is 0 Å². The van der Waals surface area contributed by atoms with Gasteiger partial charge in [0.25, 0.3) is 0 Å². The molecule has 1 aliphatic rings. The molecule has 0 aromatic heterocycles. The van der Waals surface area contributed by atoms with E-state index in [0.29, 0.717) is 0 Å². The Hall–Kier alpha value is -0.940. The molecule has 1 rings (SSSR count). The summed E-state index contributed by atoms with van der Waals surface area (Å²) in [6, 6.07) is 0. The van der Waals surface area contributed by atoms with Crippen molar-refractivity contribution in [2.75, 3.05) is 14.2 Å². The number of esters is 2. The third-order valence-electron chi connectivity index (χ3n) is 1.45. The first-order valence-corrected chi connectivity index (χ1v) is 3.02. The van der Waals surface area contributed by atoms with E-state index in [4.69, 9.17) is 0 Å². The maximum absolute atomic E-state index is 10.7. The maximum Gasteiger partial charge on any atom is 0.346 e. The molecule has 0 spiro atoms. The molecule has 2 unspecified atom stereocenters. The van der Waals surface area contributed by atoms with E-state index in [2.05, 4.69) is 14.2 Å². The molecule has 0 radical (unpaired) electrons. The van der Waals surface area contributed by atoms with Crippen molar-refractivity contribution in [1.29, 1.82) is 0 Å². The fraction of sp³-hybridized carbons (Fsp3) is 0.667. The largest absolute Gasteiger partial charge is 0.389 e. The Morgan fingerprint density at radius 2 is 1.45 bits per heavy atom. The molecular weight excluding hydrogens is 152 g/mol. The number of hydrogen-bond donors (Lipinski definition) is 0. The normalized spacial score (nSPS) is 30.7. The van der Waals surface area contributed by atoms with Gasteiger partial charge in [-0.25, -0.2) is 9.59 Å². The summed E-state index contributed by atoms with van der Waals surface area (Å²) >= 11 is 0. The van der Waals surface area contributed by atoms with Crippen LogP contribution >= 0.6 is 0 Å². The highest BCUT2D eigenvalue weighted by atomic mass is 16.7. The standard InChI is InChI=1S/C6H8O5/c1-9-3-4(10-2)6(8)11-5(3)7/h3-4H,1-2H3. The van der Waals surface area contributed by atoms with Gasteiger partial charge in [0.05, 0.1) is 0 Å². The van der Waals surface area contributed by atoms with Gasteiger partial charge < -0.3 is 14.2 Å². The van der Waals surface area contributed by atoms with E-state index in [1.165, 1.54) is 14.2 Å². The lowest BCUT2D eigenvalue weighted by molar-refractivity contribution is -0.155. The van der Waals surface area contributed by atoms with Crippen LogP contribution in [-0.2, 0) is 23.8 Å². The lowest BCUT2D eigenvalue weighted by Gasteiger charge is -2.08. The molecule has 2 atom stereocenters. The molecule has 5 nitrogen and oxygen atoms in total. The summed E-state index contributed by atoms with van der Waals surface area (Å²) in [6.07, 6.45) is -1.82. The van der Waals surface area contributed by atoms with Gasteiger partial charge in [0.15, 0.2) is 12.2 Å². The zero-order valence-electron chi connectivity index (χ0n) is 6.20. The lowest BCUT2D eigenvalue weighted by Crippen LogP contribution is -2.32. The van der Waals surface area contributed by atoms with Crippen molar-refractivity contribution >= 4 is 11.9 Å². The Morgan fingerprint density at radius 1 is 1.09 bits per heavy atom. The van der Waals surface area contributed by atoms with Crippen molar-refractivity contribution in [3.8, 4) is 0 Å². The van der Waals surface area contributed by atoms with E-state index in [1.54, 1.807) is 0 Å². The van der Waals surface area contributed by atoms with E-state index in [1.807, 2.05) is 0 Å². The van der Waals surface area contributed by atoms with E-state index in [0.717, 1.165) is 0 Å². The number of carbonyl (C=O) groups excluding carboxylic acids is 2. The number of ether oxygens (including phenoxy) is 3. The summed E-state index contributed by atoms with van der Waals surface area (Å²) in [5.74, 6) is -1.38. The molecule has 5 heteroatoms. The minimum atomic E-state index is -0.910. The molecule has 1 saturated heterocycles. The molecule has 1 aliphatic heterocycles. The number of cyclic esters (lactones) is 2. The van der Waals surface area contributed by atoms with Crippen LogP contribution in [-0.4, -0.2) is 38.4 Å². The maximum atomic E-state index is 10.7. The van der Waals surface area contributed by atoms with E-state index >= 15 is 0 Å². The fourth-order valence-corrected chi connectivity index (χ4v) is 0.902. The van der Waals surface area contributed by atoms with Gasteiger partial charge in [-0.1, -0.05) is 0 Å². The summed E-state index contributed by atoms with van der Waals surface area (Å²) in [7, 11) is 2.63. The summed E-state index contributed by atoms with van der Waals surface area (Å²) in [5, 5.41) is 0. The van der Waals surface area contributed by atoms with Gasteiger partial charge >= 0.3 is 11.9 Å². The van der Waals surface area contributed by atoms with E-state index in [9.17, 15) is 9.59 Å². The molecule has 0 N–H and O–H groups in total. The highest BCUT2D eigenvalue weighted by Gasteiger charge is 2.45. The molecule has 0 aromatic carbocycles. The molecule has 0 bridgehead atoms. The summed E-state index contributed by atoms with van der Waals surface area (Å²) in [6.45, 7) is 0. The first-order chi connectivity index (χ1) is 5.20. The van der Waals surface area contributed by atoms with Crippen LogP contribution in [0.4, 0.5) is 0 Å². The van der Waals surface area contributed by atoms with Gasteiger partial charge in [-0.2, -0.15) is 0 Å². The quantitative estimate of drug-likeness (QED) is 0.387.